The molecule has 1 aromatic heterocycles. The van der Waals surface area contributed by atoms with E-state index in [0.717, 1.165) is 0 Å². The van der Waals surface area contributed by atoms with Gasteiger partial charge in [0.25, 0.3) is 0 Å². The maximum atomic E-state index is 14.5. The second-order valence-electron chi connectivity index (χ2n) is 12.5. The topological polar surface area (TPSA) is 130 Å². The van der Waals surface area contributed by atoms with Gasteiger partial charge in [0.15, 0.2) is 17.5 Å². The molecule has 8 heteroatoms. The molecule has 206 valence electrons. The number of carbonyl (C=O) groups is 2. The van der Waals surface area contributed by atoms with Crippen molar-refractivity contribution in [2.24, 2.45) is 34.5 Å². The van der Waals surface area contributed by atoms with Crippen molar-refractivity contribution in [3.8, 4) is 11.3 Å². The minimum Gasteiger partial charge on any atom is -0.451 e. The molecule has 2 fully saturated rings. The average molecular weight is 534 g/mol. The predicted molar refractivity (Wildman–Crippen MR) is 141 cm³/mol. The van der Waals surface area contributed by atoms with Gasteiger partial charge in [-0.2, -0.15) is 0 Å². The highest BCUT2D eigenvalue weighted by molar-refractivity contribution is 5.98. The highest BCUT2D eigenvalue weighted by Crippen LogP contribution is 2.71. The summed E-state index contributed by atoms with van der Waals surface area (Å²) in [5, 5.41) is 38.7. The molecule has 1 spiro atoms. The van der Waals surface area contributed by atoms with Gasteiger partial charge in [-0.1, -0.05) is 68.4 Å². The largest absolute Gasteiger partial charge is 0.451 e. The SMILES string of the molecule is CC1=CC23C(=O)[C@@H](C=C(CO)[C@@H](O)[C@]2(O)[C@H]1OC(=O)c1c(-c2ccccc2)noc1C)[C@H]1[C@@H](CC3C)C1(C)C. The van der Waals surface area contributed by atoms with Crippen LogP contribution in [0.2, 0.25) is 0 Å². The smallest absolute Gasteiger partial charge is 0.344 e. The van der Waals surface area contributed by atoms with Gasteiger partial charge in [-0.15, -0.1) is 0 Å². The second kappa shape index (κ2) is 8.46. The van der Waals surface area contributed by atoms with Crippen molar-refractivity contribution in [2.45, 2.75) is 58.8 Å². The first-order valence-electron chi connectivity index (χ1n) is 13.6. The lowest BCUT2D eigenvalue weighted by atomic mass is 9.59. The van der Waals surface area contributed by atoms with E-state index in [0.29, 0.717) is 23.3 Å². The molecule has 4 aliphatic rings. The van der Waals surface area contributed by atoms with Gasteiger partial charge in [0.1, 0.15) is 23.1 Å². The van der Waals surface area contributed by atoms with Crippen LogP contribution in [-0.4, -0.2) is 56.6 Å². The molecule has 3 N–H and O–H groups in total. The van der Waals surface area contributed by atoms with E-state index in [1.807, 2.05) is 25.1 Å². The summed E-state index contributed by atoms with van der Waals surface area (Å²) in [6.07, 6.45) is 1.11. The molecule has 0 radical (unpaired) electrons. The van der Waals surface area contributed by atoms with Gasteiger partial charge < -0.3 is 24.6 Å². The Morgan fingerprint density at radius 1 is 1.21 bits per heavy atom. The molecule has 8 nitrogen and oxygen atoms in total. The minimum absolute atomic E-state index is 0.0475. The fourth-order valence-corrected chi connectivity index (χ4v) is 8.17. The van der Waals surface area contributed by atoms with Crippen LogP contribution in [0.1, 0.15) is 50.2 Å². The number of aliphatic hydroxyl groups is 3. The quantitative estimate of drug-likeness (QED) is 0.401. The Kier molecular flexibility index (Phi) is 5.68. The Bertz CT molecular complexity index is 1420. The number of aryl methyl sites for hydroxylation is 1. The second-order valence-corrected chi connectivity index (χ2v) is 12.5. The third kappa shape index (κ3) is 3.25. The highest BCUT2D eigenvalue weighted by Gasteiger charge is 2.76. The summed E-state index contributed by atoms with van der Waals surface area (Å²) < 4.78 is 11.4. The first-order chi connectivity index (χ1) is 18.4. The van der Waals surface area contributed by atoms with Crippen molar-refractivity contribution in [2.75, 3.05) is 6.61 Å². The summed E-state index contributed by atoms with van der Waals surface area (Å²) in [7, 11) is 0. The predicted octanol–water partition coefficient (Wildman–Crippen LogP) is 3.64. The molecular formula is C31H35NO7. The summed E-state index contributed by atoms with van der Waals surface area (Å²) in [5.41, 5.74) is -2.03. The summed E-state index contributed by atoms with van der Waals surface area (Å²) in [5.74, 6) is -1.32. The van der Waals surface area contributed by atoms with E-state index in [1.54, 1.807) is 38.1 Å². The molecule has 0 saturated heterocycles. The molecule has 4 aliphatic carbocycles. The van der Waals surface area contributed by atoms with E-state index < -0.39 is 41.7 Å². The zero-order valence-electron chi connectivity index (χ0n) is 22.8. The van der Waals surface area contributed by atoms with Crippen LogP contribution in [0.25, 0.3) is 11.3 Å². The molecule has 39 heavy (non-hydrogen) atoms. The van der Waals surface area contributed by atoms with Crippen LogP contribution in [0.4, 0.5) is 0 Å². The van der Waals surface area contributed by atoms with E-state index in [4.69, 9.17) is 9.26 Å². The molecule has 1 heterocycles. The standard InChI is InChI=1S/C31H35NO7/c1-15-13-30-16(2)11-21-23(29(21,4)5)20(26(30)35)12-19(14-33)25(34)31(30,37)27(15)38-28(36)22-17(3)39-32-24(22)18-9-7-6-8-10-18/h6-10,12-13,16,20-21,23,25,27,33-34,37H,11,14H2,1-5H3/t16?,20-,21+,23-,25+,27-,30?,31-/m0/s1. The maximum absolute atomic E-state index is 14.5. The maximum Gasteiger partial charge on any atom is 0.344 e. The summed E-state index contributed by atoms with van der Waals surface area (Å²) in [6.45, 7) is 9.00. The molecule has 8 atom stereocenters. The first kappa shape index (κ1) is 26.2. The Morgan fingerprint density at radius 2 is 1.90 bits per heavy atom. The number of hydrogen-bond acceptors (Lipinski definition) is 8. The fraction of sp³-hybridized carbons (Fsp3) is 0.516. The molecule has 2 unspecified atom stereocenters. The van der Waals surface area contributed by atoms with Gasteiger partial charge in [-0.25, -0.2) is 4.79 Å². The lowest BCUT2D eigenvalue weighted by Crippen LogP contribution is -2.65. The molecule has 0 aliphatic heterocycles. The molecule has 2 aromatic rings. The van der Waals surface area contributed by atoms with Crippen molar-refractivity contribution in [1.82, 2.24) is 5.16 Å². The zero-order valence-corrected chi connectivity index (χ0v) is 22.8. The average Bonchev–Trinajstić information content (AvgIpc) is 3.17. The number of nitrogens with zero attached hydrogens (tertiary/aromatic N) is 1. The van der Waals surface area contributed by atoms with Crippen molar-refractivity contribution in [3.63, 3.8) is 0 Å². The van der Waals surface area contributed by atoms with Crippen LogP contribution in [0.5, 0.6) is 0 Å². The number of allylic oxidation sites excluding steroid dienone is 1. The van der Waals surface area contributed by atoms with Crippen LogP contribution >= 0.6 is 0 Å². The van der Waals surface area contributed by atoms with Crippen LogP contribution in [-0.2, 0) is 9.53 Å². The van der Waals surface area contributed by atoms with Crippen molar-refractivity contribution in [1.29, 1.82) is 0 Å². The number of aromatic nitrogens is 1. The van der Waals surface area contributed by atoms with Crippen molar-refractivity contribution >= 4 is 11.8 Å². The molecule has 0 amide bonds. The minimum atomic E-state index is -2.20. The van der Waals surface area contributed by atoms with E-state index in [2.05, 4.69) is 19.0 Å². The van der Waals surface area contributed by atoms with Gasteiger partial charge in [-0.3, -0.25) is 4.79 Å². The lowest BCUT2D eigenvalue weighted by Gasteiger charge is -2.48. The monoisotopic (exact) mass is 533 g/mol. The van der Waals surface area contributed by atoms with E-state index in [1.165, 1.54) is 0 Å². The number of ether oxygens (including phenoxy) is 1. The Hall–Kier alpha value is -3.07. The lowest BCUT2D eigenvalue weighted by molar-refractivity contribution is -0.190. The summed E-state index contributed by atoms with van der Waals surface area (Å²) in [4.78, 5) is 28.2. The Morgan fingerprint density at radius 3 is 2.56 bits per heavy atom. The zero-order chi connectivity index (χ0) is 28.1. The molecule has 1 aromatic carbocycles. The number of benzene rings is 1. The number of ketones is 1. The molecule has 2 bridgehead atoms. The number of esters is 1. The van der Waals surface area contributed by atoms with E-state index >= 15 is 0 Å². The summed E-state index contributed by atoms with van der Waals surface area (Å²) in [6, 6.07) is 9.07. The molecule has 2 saturated carbocycles. The van der Waals surface area contributed by atoms with Gasteiger partial charge in [0, 0.05) is 11.5 Å². The van der Waals surface area contributed by atoms with E-state index in [-0.39, 0.29) is 45.8 Å². The van der Waals surface area contributed by atoms with Crippen molar-refractivity contribution < 1.29 is 34.2 Å². The normalized spacial score (nSPS) is 38.1. The van der Waals surface area contributed by atoms with Crippen LogP contribution < -0.4 is 0 Å². The first-order valence-corrected chi connectivity index (χ1v) is 13.6. The third-order valence-electron chi connectivity index (χ3n) is 10.2. The Labute approximate surface area is 227 Å². The van der Waals surface area contributed by atoms with Crippen LogP contribution in [0, 0.1) is 41.4 Å². The highest BCUT2D eigenvalue weighted by atomic mass is 16.6. The summed E-state index contributed by atoms with van der Waals surface area (Å²) >= 11 is 0. The number of aliphatic hydroxyl groups excluding tert-OH is 2. The number of fused-ring (bicyclic) bond motifs is 3. The fourth-order valence-electron chi connectivity index (χ4n) is 8.17. The number of rotatable bonds is 4. The third-order valence-corrected chi connectivity index (χ3v) is 10.2. The van der Waals surface area contributed by atoms with Gasteiger partial charge >= 0.3 is 5.97 Å². The number of carbonyl (C=O) groups excluding carboxylic acids is 2. The van der Waals surface area contributed by atoms with Gasteiger partial charge in [-0.05, 0) is 54.6 Å². The van der Waals surface area contributed by atoms with Gasteiger partial charge in [0.05, 0.1) is 12.0 Å². The number of hydrogen-bond donors (Lipinski definition) is 3. The van der Waals surface area contributed by atoms with E-state index in [9.17, 15) is 24.9 Å². The Balaban J connectivity index is 1.45. The molecule has 6 rings (SSSR count). The van der Waals surface area contributed by atoms with Crippen molar-refractivity contribution in [3.05, 3.63) is 65.0 Å². The number of Topliss-reactive ketones (excluding diaryl/α,β-unsaturated/α-hetero) is 1. The van der Waals surface area contributed by atoms with Gasteiger partial charge in [0.2, 0.25) is 0 Å². The molecular weight excluding hydrogens is 498 g/mol. The van der Waals surface area contributed by atoms with Crippen LogP contribution in [0.3, 0.4) is 0 Å². The van der Waals surface area contributed by atoms with Crippen LogP contribution in [0.15, 0.2) is 58.2 Å².